The van der Waals surface area contributed by atoms with Crippen LogP contribution in [-0.4, -0.2) is 18.9 Å². The summed E-state index contributed by atoms with van der Waals surface area (Å²) in [5.74, 6) is 0.884. The van der Waals surface area contributed by atoms with E-state index < -0.39 is 0 Å². The molecule has 0 spiro atoms. The second kappa shape index (κ2) is 3.26. The molecule has 0 fully saturated rings. The smallest absolute Gasteiger partial charge is 0.128 e. The number of aliphatic imine (C=N–C) groups is 1. The summed E-state index contributed by atoms with van der Waals surface area (Å²) in [6.45, 7) is 1.71. The Morgan fingerprint density at radius 1 is 1.38 bits per heavy atom. The molecule has 2 rings (SSSR count). The van der Waals surface area contributed by atoms with Crippen molar-refractivity contribution in [2.24, 2.45) is 4.99 Å². The van der Waals surface area contributed by atoms with Gasteiger partial charge in [-0.15, -0.1) is 0 Å². The first-order chi connectivity index (χ1) is 6.25. The Kier molecular flexibility index (Phi) is 2.10. The van der Waals surface area contributed by atoms with E-state index in [0.717, 1.165) is 24.5 Å². The summed E-state index contributed by atoms with van der Waals surface area (Å²) < 4.78 is 0. The van der Waals surface area contributed by atoms with Crippen molar-refractivity contribution in [1.29, 1.82) is 0 Å². The molecule has 1 aliphatic rings. The second-order valence-electron chi connectivity index (χ2n) is 2.93. The Labute approximate surface area is 81.6 Å². The van der Waals surface area contributed by atoms with Crippen LogP contribution in [0.4, 0.5) is 5.69 Å². The first-order valence-corrected chi connectivity index (χ1v) is 4.48. The van der Waals surface area contributed by atoms with Crippen LogP contribution < -0.4 is 11.1 Å². The summed E-state index contributed by atoms with van der Waals surface area (Å²) in [5, 5.41) is 3.81. The molecule has 0 unspecified atom stereocenters. The average Bonchev–Trinajstić information content (AvgIpc) is 2.53. The summed E-state index contributed by atoms with van der Waals surface area (Å²) in [4.78, 5) is 4.28. The molecule has 1 aromatic rings. The molecule has 0 atom stereocenters. The lowest BCUT2D eigenvalue weighted by Gasteiger charge is -2.03. The van der Waals surface area contributed by atoms with Gasteiger partial charge in [0.2, 0.25) is 0 Å². The molecule has 13 heavy (non-hydrogen) atoms. The Morgan fingerprint density at radius 2 is 2.23 bits per heavy atom. The highest BCUT2D eigenvalue weighted by Crippen LogP contribution is 2.17. The normalized spacial score (nSPS) is 15.3. The number of halogens is 1. The molecule has 1 heterocycles. The Hall–Kier alpha value is -1.22. The minimum atomic E-state index is 0.645. The Morgan fingerprint density at radius 3 is 2.85 bits per heavy atom. The van der Waals surface area contributed by atoms with Gasteiger partial charge in [0.15, 0.2) is 0 Å². The van der Waals surface area contributed by atoms with E-state index in [1.807, 2.05) is 12.1 Å². The van der Waals surface area contributed by atoms with E-state index in [0.29, 0.717) is 10.7 Å². The van der Waals surface area contributed by atoms with E-state index in [2.05, 4.69) is 10.3 Å². The van der Waals surface area contributed by atoms with Gasteiger partial charge in [0.05, 0.1) is 6.54 Å². The van der Waals surface area contributed by atoms with E-state index in [9.17, 15) is 0 Å². The maximum Gasteiger partial charge on any atom is 0.128 e. The van der Waals surface area contributed by atoms with Gasteiger partial charge in [-0.25, -0.2) is 0 Å². The summed E-state index contributed by atoms with van der Waals surface area (Å²) in [6, 6.07) is 5.44. The average molecular weight is 196 g/mol. The fraction of sp³-hybridized carbons (Fsp3) is 0.222. The van der Waals surface area contributed by atoms with Gasteiger partial charge in [-0.2, -0.15) is 0 Å². The van der Waals surface area contributed by atoms with Gasteiger partial charge in [0, 0.05) is 22.8 Å². The number of anilines is 1. The van der Waals surface area contributed by atoms with Crippen LogP contribution in [0.1, 0.15) is 5.56 Å². The molecule has 0 aliphatic carbocycles. The number of benzene rings is 1. The standard InChI is InChI=1S/C9H10ClN3/c10-7-3-6(4-8(11)5-7)9-12-1-2-13-9/h3-5H,1-2,11H2,(H,12,13). The molecule has 0 aromatic heterocycles. The van der Waals surface area contributed by atoms with Crippen LogP contribution in [0.3, 0.4) is 0 Å². The fourth-order valence-corrected chi connectivity index (χ4v) is 1.58. The van der Waals surface area contributed by atoms with Crippen molar-refractivity contribution >= 4 is 23.1 Å². The lowest BCUT2D eigenvalue weighted by Crippen LogP contribution is -2.19. The van der Waals surface area contributed by atoms with Gasteiger partial charge in [-0.3, -0.25) is 4.99 Å². The highest BCUT2D eigenvalue weighted by atomic mass is 35.5. The number of rotatable bonds is 1. The van der Waals surface area contributed by atoms with Gasteiger partial charge in [-0.1, -0.05) is 11.6 Å². The fourth-order valence-electron chi connectivity index (χ4n) is 1.34. The maximum atomic E-state index is 5.87. The predicted molar refractivity (Wildman–Crippen MR) is 55.3 cm³/mol. The molecule has 0 saturated carbocycles. The SMILES string of the molecule is Nc1cc(Cl)cc(C2=NCCN2)c1. The van der Waals surface area contributed by atoms with Crippen molar-refractivity contribution in [3.63, 3.8) is 0 Å². The molecular weight excluding hydrogens is 186 g/mol. The first kappa shape index (κ1) is 8.38. The van der Waals surface area contributed by atoms with Gasteiger partial charge in [-0.05, 0) is 18.2 Å². The molecule has 0 bridgehead atoms. The van der Waals surface area contributed by atoms with Gasteiger partial charge in [0.25, 0.3) is 0 Å². The topological polar surface area (TPSA) is 50.4 Å². The van der Waals surface area contributed by atoms with Crippen molar-refractivity contribution in [1.82, 2.24) is 5.32 Å². The molecule has 1 aromatic carbocycles. The minimum Gasteiger partial charge on any atom is -0.399 e. The molecule has 1 aliphatic heterocycles. The van der Waals surface area contributed by atoms with Gasteiger partial charge in [0.1, 0.15) is 5.84 Å². The molecular formula is C9H10ClN3. The zero-order chi connectivity index (χ0) is 9.26. The van der Waals surface area contributed by atoms with E-state index in [-0.39, 0.29) is 0 Å². The van der Waals surface area contributed by atoms with Crippen LogP contribution in [0.15, 0.2) is 23.2 Å². The second-order valence-corrected chi connectivity index (χ2v) is 3.37. The molecule has 3 N–H and O–H groups in total. The quantitative estimate of drug-likeness (QED) is 0.664. The molecule has 0 amide bonds. The minimum absolute atomic E-state index is 0.645. The van der Waals surface area contributed by atoms with Crippen molar-refractivity contribution in [3.8, 4) is 0 Å². The van der Waals surface area contributed by atoms with Gasteiger partial charge < -0.3 is 11.1 Å². The number of nitrogens with one attached hydrogen (secondary N) is 1. The van der Waals surface area contributed by atoms with Gasteiger partial charge >= 0.3 is 0 Å². The zero-order valence-electron chi connectivity index (χ0n) is 7.05. The van der Waals surface area contributed by atoms with Crippen LogP contribution in [0, 0.1) is 0 Å². The van der Waals surface area contributed by atoms with E-state index in [1.165, 1.54) is 0 Å². The lowest BCUT2D eigenvalue weighted by molar-refractivity contribution is 0.960. The van der Waals surface area contributed by atoms with E-state index in [1.54, 1.807) is 6.07 Å². The van der Waals surface area contributed by atoms with Crippen molar-refractivity contribution in [3.05, 3.63) is 28.8 Å². The summed E-state index contributed by atoms with van der Waals surface area (Å²) >= 11 is 5.87. The van der Waals surface area contributed by atoms with Crippen LogP contribution in [-0.2, 0) is 0 Å². The summed E-state index contributed by atoms with van der Waals surface area (Å²) in [6.07, 6.45) is 0. The largest absolute Gasteiger partial charge is 0.399 e. The van der Waals surface area contributed by atoms with Crippen molar-refractivity contribution < 1.29 is 0 Å². The Bertz CT molecular complexity index is 340. The number of hydrogen-bond donors (Lipinski definition) is 2. The third-order valence-electron chi connectivity index (χ3n) is 1.87. The van der Waals surface area contributed by atoms with Crippen molar-refractivity contribution in [2.75, 3.05) is 18.8 Å². The molecule has 68 valence electrons. The van der Waals surface area contributed by atoms with Crippen LogP contribution in [0.2, 0.25) is 5.02 Å². The number of amidine groups is 1. The number of hydrogen-bond acceptors (Lipinski definition) is 3. The summed E-state index contributed by atoms with van der Waals surface area (Å²) in [5.41, 5.74) is 7.29. The molecule has 3 nitrogen and oxygen atoms in total. The third-order valence-corrected chi connectivity index (χ3v) is 2.09. The molecule has 0 saturated heterocycles. The highest BCUT2D eigenvalue weighted by Gasteiger charge is 2.08. The van der Waals surface area contributed by atoms with E-state index >= 15 is 0 Å². The van der Waals surface area contributed by atoms with Crippen LogP contribution in [0.25, 0.3) is 0 Å². The molecule has 0 radical (unpaired) electrons. The van der Waals surface area contributed by atoms with E-state index in [4.69, 9.17) is 17.3 Å². The van der Waals surface area contributed by atoms with Crippen LogP contribution in [0.5, 0.6) is 0 Å². The third kappa shape index (κ3) is 1.75. The zero-order valence-corrected chi connectivity index (χ0v) is 7.80. The highest BCUT2D eigenvalue weighted by molar-refractivity contribution is 6.31. The monoisotopic (exact) mass is 195 g/mol. The summed E-state index contributed by atoms with van der Waals surface area (Å²) in [7, 11) is 0. The number of nitrogens with two attached hydrogens (primary N) is 1. The molecule has 4 heteroatoms. The maximum absolute atomic E-state index is 5.87. The first-order valence-electron chi connectivity index (χ1n) is 4.10. The lowest BCUT2D eigenvalue weighted by atomic mass is 10.2. The number of nitrogen functional groups attached to an aromatic ring is 1. The Balaban J connectivity index is 2.39. The van der Waals surface area contributed by atoms with Crippen molar-refractivity contribution in [2.45, 2.75) is 0 Å². The number of nitrogens with zero attached hydrogens (tertiary/aromatic N) is 1. The van der Waals surface area contributed by atoms with Crippen LogP contribution >= 0.6 is 11.6 Å². The predicted octanol–water partition coefficient (Wildman–Crippen LogP) is 1.27.